The number of aliphatic hydroxyl groups excluding tert-OH is 1. The molecule has 13 heavy (non-hydrogen) atoms. The number of rotatable bonds is 0. The molecule has 2 aliphatic rings. The van der Waals surface area contributed by atoms with Crippen LogP contribution < -0.4 is 5.32 Å². The number of hydrogen-bond acceptors (Lipinski definition) is 2. The van der Waals surface area contributed by atoms with Crippen molar-refractivity contribution in [2.24, 2.45) is 11.8 Å². The minimum Gasteiger partial charge on any atom is -0.393 e. The number of fused-ring (bicyclic) bond motifs is 1. The van der Waals surface area contributed by atoms with E-state index in [1.54, 1.807) is 11.9 Å². The van der Waals surface area contributed by atoms with Crippen LogP contribution in [0.3, 0.4) is 0 Å². The monoisotopic (exact) mass is 184 g/mol. The molecule has 0 aromatic carbocycles. The molecule has 0 radical (unpaired) electrons. The molecule has 3 unspecified atom stereocenters. The summed E-state index contributed by atoms with van der Waals surface area (Å²) in [4.78, 5) is 13.1. The summed E-state index contributed by atoms with van der Waals surface area (Å²) in [6, 6.07) is -0.0124. The van der Waals surface area contributed by atoms with E-state index in [2.05, 4.69) is 5.32 Å². The number of carbonyl (C=O) groups is 1. The van der Waals surface area contributed by atoms with Gasteiger partial charge in [-0.2, -0.15) is 0 Å². The first-order valence-electron chi connectivity index (χ1n) is 4.87. The van der Waals surface area contributed by atoms with E-state index in [4.69, 9.17) is 0 Å². The zero-order chi connectivity index (χ0) is 9.42. The van der Waals surface area contributed by atoms with Crippen molar-refractivity contribution < 1.29 is 9.90 Å². The second kappa shape index (κ2) is 3.18. The van der Waals surface area contributed by atoms with Crippen molar-refractivity contribution in [1.82, 2.24) is 10.2 Å². The molecule has 1 heterocycles. The molecule has 1 saturated heterocycles. The van der Waals surface area contributed by atoms with Crippen LogP contribution in [0.15, 0.2) is 0 Å². The molecule has 4 nitrogen and oxygen atoms in total. The van der Waals surface area contributed by atoms with E-state index >= 15 is 0 Å². The summed E-state index contributed by atoms with van der Waals surface area (Å²) >= 11 is 0. The number of amides is 2. The highest BCUT2D eigenvalue weighted by molar-refractivity contribution is 5.74. The van der Waals surface area contributed by atoms with Gasteiger partial charge in [-0.05, 0) is 18.8 Å². The molecule has 0 aromatic rings. The highest BCUT2D eigenvalue weighted by Crippen LogP contribution is 2.37. The van der Waals surface area contributed by atoms with Gasteiger partial charge in [-0.15, -0.1) is 0 Å². The van der Waals surface area contributed by atoms with Crippen LogP contribution in [-0.2, 0) is 0 Å². The van der Waals surface area contributed by atoms with Crippen LogP contribution >= 0.6 is 0 Å². The number of aliphatic hydroxyl groups is 1. The van der Waals surface area contributed by atoms with Crippen LogP contribution in [0.1, 0.15) is 12.8 Å². The zero-order valence-corrected chi connectivity index (χ0v) is 7.86. The van der Waals surface area contributed by atoms with Crippen molar-refractivity contribution in [2.45, 2.75) is 18.9 Å². The van der Waals surface area contributed by atoms with Crippen molar-refractivity contribution in [2.75, 3.05) is 20.1 Å². The second-order valence-electron chi connectivity index (χ2n) is 4.03. The first-order chi connectivity index (χ1) is 6.22. The van der Waals surface area contributed by atoms with Crippen molar-refractivity contribution in [3.63, 3.8) is 0 Å². The number of hydrogen-bond donors (Lipinski definition) is 2. The van der Waals surface area contributed by atoms with E-state index in [1.165, 1.54) is 0 Å². The van der Waals surface area contributed by atoms with Crippen LogP contribution in [0, 0.1) is 11.8 Å². The summed E-state index contributed by atoms with van der Waals surface area (Å²) in [5.41, 5.74) is 0. The normalized spacial score (nSPS) is 37.7. The van der Waals surface area contributed by atoms with E-state index in [0.717, 1.165) is 25.9 Å². The highest BCUT2D eigenvalue weighted by atomic mass is 16.3. The van der Waals surface area contributed by atoms with E-state index in [0.29, 0.717) is 11.8 Å². The maximum absolute atomic E-state index is 11.3. The molecule has 2 amide bonds. The molecular weight excluding hydrogens is 168 g/mol. The lowest BCUT2D eigenvalue weighted by Gasteiger charge is -2.17. The van der Waals surface area contributed by atoms with Crippen LogP contribution in [0.5, 0.6) is 0 Å². The first-order valence-corrected chi connectivity index (χ1v) is 4.87. The Balaban J connectivity index is 1.98. The second-order valence-corrected chi connectivity index (χ2v) is 4.03. The summed E-state index contributed by atoms with van der Waals surface area (Å²) in [6.07, 6.45) is 1.80. The average Bonchev–Trinajstić information content (AvgIpc) is 2.67. The molecule has 0 spiro atoms. The number of urea groups is 1. The van der Waals surface area contributed by atoms with Gasteiger partial charge < -0.3 is 15.3 Å². The summed E-state index contributed by atoms with van der Waals surface area (Å²) in [5.74, 6) is 0.865. The number of carbonyl (C=O) groups excluding carboxylic acids is 1. The summed E-state index contributed by atoms with van der Waals surface area (Å²) < 4.78 is 0. The maximum Gasteiger partial charge on any atom is 0.317 e. The Morgan fingerprint density at radius 1 is 1.46 bits per heavy atom. The molecular formula is C9H16N2O2. The largest absolute Gasteiger partial charge is 0.393 e. The Labute approximate surface area is 77.9 Å². The van der Waals surface area contributed by atoms with Crippen LogP contribution in [-0.4, -0.2) is 42.3 Å². The fourth-order valence-corrected chi connectivity index (χ4v) is 2.56. The smallest absolute Gasteiger partial charge is 0.317 e. The van der Waals surface area contributed by atoms with Gasteiger partial charge in [0.05, 0.1) is 6.10 Å². The molecule has 1 aliphatic heterocycles. The third kappa shape index (κ3) is 1.39. The van der Waals surface area contributed by atoms with Crippen LogP contribution in [0.2, 0.25) is 0 Å². The van der Waals surface area contributed by atoms with Crippen molar-refractivity contribution in [1.29, 1.82) is 0 Å². The van der Waals surface area contributed by atoms with E-state index < -0.39 is 0 Å². The molecule has 2 rings (SSSR count). The van der Waals surface area contributed by atoms with Gasteiger partial charge in [-0.1, -0.05) is 0 Å². The molecule has 74 valence electrons. The average molecular weight is 184 g/mol. The number of nitrogens with one attached hydrogen (secondary N) is 1. The summed E-state index contributed by atoms with van der Waals surface area (Å²) in [6.45, 7) is 1.55. The lowest BCUT2D eigenvalue weighted by Crippen LogP contribution is -2.37. The van der Waals surface area contributed by atoms with Gasteiger partial charge in [-0.25, -0.2) is 4.79 Å². The Hall–Kier alpha value is -0.770. The Kier molecular flexibility index (Phi) is 2.15. The predicted molar refractivity (Wildman–Crippen MR) is 48.2 cm³/mol. The lowest BCUT2D eigenvalue weighted by molar-refractivity contribution is 0.126. The van der Waals surface area contributed by atoms with Gasteiger partial charge in [0.2, 0.25) is 0 Å². The maximum atomic E-state index is 11.3. The van der Waals surface area contributed by atoms with E-state index in [9.17, 15) is 9.90 Å². The SMILES string of the molecule is CNC(=O)N1CC2CCC(O)C2C1. The number of likely N-dealkylation sites (tertiary alicyclic amines) is 1. The minimum absolute atomic E-state index is 0.0124. The van der Waals surface area contributed by atoms with Gasteiger partial charge in [0.1, 0.15) is 0 Å². The predicted octanol–water partition coefficient (Wildman–Crippen LogP) is 0.0285. The molecule has 0 bridgehead atoms. The fraction of sp³-hybridized carbons (Fsp3) is 0.889. The van der Waals surface area contributed by atoms with Gasteiger partial charge in [0.15, 0.2) is 0 Å². The van der Waals surface area contributed by atoms with Crippen LogP contribution in [0.25, 0.3) is 0 Å². The highest BCUT2D eigenvalue weighted by Gasteiger charge is 2.42. The van der Waals surface area contributed by atoms with Gasteiger partial charge >= 0.3 is 6.03 Å². The molecule has 4 heteroatoms. The van der Waals surface area contributed by atoms with Gasteiger partial charge in [0.25, 0.3) is 0 Å². The standard InChI is InChI=1S/C9H16N2O2/c1-10-9(13)11-4-6-2-3-8(12)7(6)5-11/h6-8,12H,2-5H2,1H3,(H,10,13). The topological polar surface area (TPSA) is 52.6 Å². The van der Waals surface area contributed by atoms with Crippen molar-refractivity contribution >= 4 is 6.03 Å². The minimum atomic E-state index is -0.181. The molecule has 1 aliphatic carbocycles. The summed E-state index contributed by atoms with van der Waals surface area (Å²) in [7, 11) is 1.65. The van der Waals surface area contributed by atoms with Crippen molar-refractivity contribution in [3.8, 4) is 0 Å². The first kappa shape index (κ1) is 8.81. The molecule has 3 atom stereocenters. The summed E-state index contributed by atoms with van der Waals surface area (Å²) in [5, 5.41) is 12.2. The fourth-order valence-electron chi connectivity index (χ4n) is 2.56. The van der Waals surface area contributed by atoms with Crippen LogP contribution in [0.4, 0.5) is 4.79 Å². The van der Waals surface area contributed by atoms with Gasteiger partial charge in [-0.3, -0.25) is 0 Å². The van der Waals surface area contributed by atoms with Gasteiger partial charge in [0, 0.05) is 26.1 Å². The van der Waals surface area contributed by atoms with E-state index in [1.807, 2.05) is 0 Å². The van der Waals surface area contributed by atoms with Crippen molar-refractivity contribution in [3.05, 3.63) is 0 Å². The lowest BCUT2D eigenvalue weighted by atomic mass is 10.00. The Morgan fingerprint density at radius 3 is 2.85 bits per heavy atom. The Bertz CT molecular complexity index is 220. The molecule has 0 aromatic heterocycles. The van der Waals surface area contributed by atoms with E-state index in [-0.39, 0.29) is 12.1 Å². The quantitative estimate of drug-likeness (QED) is 0.558. The molecule has 2 fully saturated rings. The third-order valence-electron chi connectivity index (χ3n) is 3.32. The Morgan fingerprint density at radius 2 is 2.23 bits per heavy atom. The number of nitrogens with zero attached hydrogens (tertiary/aromatic N) is 1. The molecule has 2 N–H and O–H groups in total. The third-order valence-corrected chi connectivity index (χ3v) is 3.32. The molecule has 1 saturated carbocycles. The zero-order valence-electron chi connectivity index (χ0n) is 7.86.